The number of carbonyl (C=O) groups is 1. The van der Waals surface area contributed by atoms with Crippen LogP contribution < -0.4 is 10.2 Å². The molecule has 0 unspecified atom stereocenters. The van der Waals surface area contributed by atoms with Gasteiger partial charge in [0.2, 0.25) is 5.91 Å². The molecule has 1 saturated heterocycles. The SMILES string of the molecule is Cc1cccc(N2CCN(CCC(=O)N[C@@H](C)Cc3cccnc3)CC2)c1. The summed E-state index contributed by atoms with van der Waals surface area (Å²) in [5.74, 6) is 0.132. The first kappa shape index (κ1) is 19.4. The van der Waals surface area contributed by atoms with Crippen molar-refractivity contribution in [3.63, 3.8) is 0 Å². The first-order valence-corrected chi connectivity index (χ1v) is 9.82. The molecule has 27 heavy (non-hydrogen) atoms. The standard InChI is InChI=1S/C22H30N4O/c1-18-5-3-7-21(15-18)26-13-11-25(12-14-26)10-8-22(27)24-19(2)16-20-6-4-9-23-17-20/h3-7,9,15,17,19H,8,10-14,16H2,1-2H3,(H,24,27)/t19-/m0/s1. The lowest BCUT2D eigenvalue weighted by molar-refractivity contribution is -0.122. The molecule has 0 bridgehead atoms. The summed E-state index contributed by atoms with van der Waals surface area (Å²) in [7, 11) is 0. The maximum Gasteiger partial charge on any atom is 0.221 e. The van der Waals surface area contributed by atoms with Crippen LogP contribution in [-0.4, -0.2) is 54.6 Å². The van der Waals surface area contributed by atoms with Crippen LogP contribution in [0.5, 0.6) is 0 Å². The van der Waals surface area contributed by atoms with Crippen molar-refractivity contribution in [2.75, 3.05) is 37.6 Å². The fourth-order valence-electron chi connectivity index (χ4n) is 3.58. The van der Waals surface area contributed by atoms with Gasteiger partial charge in [0, 0.05) is 63.3 Å². The largest absolute Gasteiger partial charge is 0.369 e. The van der Waals surface area contributed by atoms with Crippen LogP contribution in [-0.2, 0) is 11.2 Å². The third-order valence-corrected chi connectivity index (χ3v) is 5.07. The van der Waals surface area contributed by atoms with Gasteiger partial charge in [0.15, 0.2) is 0 Å². The molecule has 0 saturated carbocycles. The Morgan fingerprint density at radius 1 is 1.19 bits per heavy atom. The Morgan fingerprint density at radius 2 is 2.00 bits per heavy atom. The number of anilines is 1. The number of carbonyl (C=O) groups excluding carboxylic acids is 1. The molecule has 1 aromatic heterocycles. The molecular weight excluding hydrogens is 336 g/mol. The fraction of sp³-hybridized carbons (Fsp3) is 0.455. The van der Waals surface area contributed by atoms with Crippen LogP contribution in [0.2, 0.25) is 0 Å². The quantitative estimate of drug-likeness (QED) is 0.818. The van der Waals surface area contributed by atoms with E-state index < -0.39 is 0 Å². The molecule has 1 amide bonds. The monoisotopic (exact) mass is 366 g/mol. The summed E-state index contributed by atoms with van der Waals surface area (Å²) < 4.78 is 0. The van der Waals surface area contributed by atoms with Crippen LogP contribution in [0.1, 0.15) is 24.5 Å². The van der Waals surface area contributed by atoms with E-state index in [0.29, 0.717) is 6.42 Å². The molecule has 5 heteroatoms. The van der Waals surface area contributed by atoms with Crippen LogP contribution in [0, 0.1) is 6.92 Å². The molecule has 0 aliphatic carbocycles. The predicted molar refractivity (Wildman–Crippen MR) is 110 cm³/mol. The van der Waals surface area contributed by atoms with E-state index in [0.717, 1.165) is 44.7 Å². The molecular formula is C22H30N4O. The third-order valence-electron chi connectivity index (χ3n) is 5.07. The second-order valence-corrected chi connectivity index (χ2v) is 7.45. The number of aromatic nitrogens is 1. The highest BCUT2D eigenvalue weighted by molar-refractivity contribution is 5.76. The summed E-state index contributed by atoms with van der Waals surface area (Å²) in [4.78, 5) is 21.2. The minimum absolute atomic E-state index is 0.125. The molecule has 144 valence electrons. The molecule has 5 nitrogen and oxygen atoms in total. The van der Waals surface area contributed by atoms with Gasteiger partial charge in [0.1, 0.15) is 0 Å². The van der Waals surface area contributed by atoms with Gasteiger partial charge in [-0.3, -0.25) is 14.7 Å². The summed E-state index contributed by atoms with van der Waals surface area (Å²) in [6.07, 6.45) is 5.00. The smallest absolute Gasteiger partial charge is 0.221 e. The molecule has 1 aliphatic heterocycles. The van der Waals surface area contributed by atoms with Crippen molar-refractivity contribution < 1.29 is 4.79 Å². The Kier molecular flexibility index (Phi) is 6.82. The number of amides is 1. The molecule has 2 heterocycles. The second kappa shape index (κ2) is 9.51. The maximum atomic E-state index is 12.2. The van der Waals surface area contributed by atoms with Gasteiger partial charge in [-0.1, -0.05) is 18.2 Å². The number of nitrogens with zero attached hydrogens (tertiary/aromatic N) is 3. The molecule has 2 aromatic rings. The van der Waals surface area contributed by atoms with E-state index in [-0.39, 0.29) is 11.9 Å². The van der Waals surface area contributed by atoms with Gasteiger partial charge in [-0.05, 0) is 49.6 Å². The van der Waals surface area contributed by atoms with Crippen LogP contribution in [0.15, 0.2) is 48.8 Å². The molecule has 0 spiro atoms. The summed E-state index contributed by atoms with van der Waals surface area (Å²) in [6.45, 7) is 9.05. The third kappa shape index (κ3) is 6.07. The van der Waals surface area contributed by atoms with Gasteiger partial charge in [-0.15, -0.1) is 0 Å². The Hall–Kier alpha value is -2.40. The lowest BCUT2D eigenvalue weighted by Crippen LogP contribution is -2.47. The fourth-order valence-corrected chi connectivity index (χ4v) is 3.58. The van der Waals surface area contributed by atoms with E-state index in [1.165, 1.54) is 11.3 Å². The van der Waals surface area contributed by atoms with E-state index in [4.69, 9.17) is 0 Å². The van der Waals surface area contributed by atoms with E-state index in [9.17, 15) is 4.79 Å². The Labute approximate surface area is 162 Å². The van der Waals surface area contributed by atoms with E-state index in [1.807, 2.05) is 25.3 Å². The average molecular weight is 367 g/mol. The molecule has 1 aliphatic rings. The number of aryl methyl sites for hydroxylation is 1. The zero-order valence-electron chi connectivity index (χ0n) is 16.4. The lowest BCUT2D eigenvalue weighted by atomic mass is 10.1. The Bertz CT molecular complexity index is 726. The normalized spacial score (nSPS) is 16.1. The highest BCUT2D eigenvalue weighted by atomic mass is 16.1. The average Bonchev–Trinajstić information content (AvgIpc) is 2.67. The van der Waals surface area contributed by atoms with Crippen molar-refractivity contribution in [2.45, 2.75) is 32.7 Å². The molecule has 1 aromatic carbocycles. The number of nitrogens with one attached hydrogen (secondary N) is 1. The summed E-state index contributed by atoms with van der Waals surface area (Å²) in [5, 5.41) is 3.11. The van der Waals surface area contributed by atoms with Crippen molar-refractivity contribution in [3.8, 4) is 0 Å². The first-order chi connectivity index (χ1) is 13.1. The van der Waals surface area contributed by atoms with Gasteiger partial charge >= 0.3 is 0 Å². The molecule has 1 atom stereocenters. The predicted octanol–water partition coefficient (Wildman–Crippen LogP) is 2.65. The van der Waals surface area contributed by atoms with Crippen molar-refractivity contribution in [1.82, 2.24) is 15.2 Å². The summed E-state index contributed by atoms with van der Waals surface area (Å²) >= 11 is 0. The zero-order valence-corrected chi connectivity index (χ0v) is 16.4. The minimum Gasteiger partial charge on any atom is -0.369 e. The summed E-state index contributed by atoms with van der Waals surface area (Å²) in [5.41, 5.74) is 3.75. The highest BCUT2D eigenvalue weighted by Gasteiger charge is 2.18. The number of benzene rings is 1. The Morgan fingerprint density at radius 3 is 2.70 bits per heavy atom. The summed E-state index contributed by atoms with van der Waals surface area (Å²) in [6, 6.07) is 12.8. The second-order valence-electron chi connectivity index (χ2n) is 7.45. The molecule has 3 rings (SSSR count). The van der Waals surface area contributed by atoms with Crippen LogP contribution in [0.4, 0.5) is 5.69 Å². The number of hydrogen-bond acceptors (Lipinski definition) is 4. The first-order valence-electron chi connectivity index (χ1n) is 9.82. The van der Waals surface area contributed by atoms with Crippen molar-refractivity contribution in [2.24, 2.45) is 0 Å². The van der Waals surface area contributed by atoms with Gasteiger partial charge in [-0.25, -0.2) is 0 Å². The van der Waals surface area contributed by atoms with Gasteiger partial charge in [-0.2, -0.15) is 0 Å². The van der Waals surface area contributed by atoms with Crippen LogP contribution in [0.3, 0.4) is 0 Å². The van der Waals surface area contributed by atoms with Crippen molar-refractivity contribution in [3.05, 3.63) is 59.9 Å². The minimum atomic E-state index is 0.125. The van der Waals surface area contributed by atoms with E-state index in [1.54, 1.807) is 6.20 Å². The highest BCUT2D eigenvalue weighted by Crippen LogP contribution is 2.17. The van der Waals surface area contributed by atoms with E-state index in [2.05, 4.69) is 51.3 Å². The van der Waals surface area contributed by atoms with Crippen molar-refractivity contribution >= 4 is 11.6 Å². The van der Waals surface area contributed by atoms with Gasteiger partial charge < -0.3 is 10.2 Å². The Balaban J connectivity index is 1.36. The topological polar surface area (TPSA) is 48.5 Å². The lowest BCUT2D eigenvalue weighted by Gasteiger charge is -2.36. The molecule has 0 radical (unpaired) electrons. The molecule has 1 fully saturated rings. The van der Waals surface area contributed by atoms with Crippen LogP contribution >= 0.6 is 0 Å². The van der Waals surface area contributed by atoms with Crippen molar-refractivity contribution in [1.29, 1.82) is 0 Å². The number of hydrogen-bond donors (Lipinski definition) is 1. The van der Waals surface area contributed by atoms with Crippen LogP contribution in [0.25, 0.3) is 0 Å². The maximum absolute atomic E-state index is 12.2. The van der Waals surface area contributed by atoms with Gasteiger partial charge in [0.05, 0.1) is 0 Å². The number of pyridine rings is 1. The molecule has 1 N–H and O–H groups in total. The van der Waals surface area contributed by atoms with Gasteiger partial charge in [0.25, 0.3) is 0 Å². The number of rotatable bonds is 7. The number of piperazine rings is 1. The zero-order chi connectivity index (χ0) is 19.1. The van der Waals surface area contributed by atoms with E-state index >= 15 is 0 Å².